The van der Waals surface area contributed by atoms with Crippen molar-refractivity contribution in [2.24, 2.45) is 0 Å². The molecule has 25 heavy (non-hydrogen) atoms. The summed E-state index contributed by atoms with van der Waals surface area (Å²) >= 11 is 11.5. The zero-order valence-corrected chi connectivity index (χ0v) is 14.1. The lowest BCUT2D eigenvalue weighted by Crippen LogP contribution is -2.59. The predicted molar refractivity (Wildman–Crippen MR) is 83.5 cm³/mol. The van der Waals surface area contributed by atoms with Crippen LogP contribution in [0.2, 0.25) is 10.0 Å². The number of phenols is 1. The van der Waals surface area contributed by atoms with Crippen LogP contribution in [0.3, 0.4) is 0 Å². The molecule has 0 bridgehead atoms. The van der Waals surface area contributed by atoms with Gasteiger partial charge in [-0.1, -0.05) is 23.2 Å². The summed E-state index contributed by atoms with van der Waals surface area (Å²) in [5.74, 6) is -1.61. The minimum atomic E-state index is -1.73. The summed E-state index contributed by atoms with van der Waals surface area (Å²) < 4.78 is 14.9. The van der Waals surface area contributed by atoms with E-state index in [2.05, 4.69) is 0 Å². The molecule has 0 amide bonds. The van der Waals surface area contributed by atoms with E-state index in [1.54, 1.807) is 0 Å². The van der Waals surface area contributed by atoms with Crippen LogP contribution in [0.15, 0.2) is 12.1 Å². The molecule has 0 aliphatic carbocycles. The fraction of sp³-hybridized carbons (Fsp3) is 0.500. The van der Waals surface area contributed by atoms with Gasteiger partial charge in [0, 0.05) is 11.1 Å². The Bertz CT molecular complexity index is 601. The van der Waals surface area contributed by atoms with Crippen molar-refractivity contribution in [1.82, 2.24) is 0 Å². The Morgan fingerprint density at radius 1 is 1.16 bits per heavy atom. The molecule has 1 aromatic carbocycles. The second-order valence-electron chi connectivity index (χ2n) is 5.21. The molecule has 5 atom stereocenters. The molecular weight excluding hydrogens is 383 g/mol. The van der Waals surface area contributed by atoms with Gasteiger partial charge in [-0.25, -0.2) is 4.79 Å². The van der Waals surface area contributed by atoms with Gasteiger partial charge >= 0.3 is 5.97 Å². The van der Waals surface area contributed by atoms with Gasteiger partial charge < -0.3 is 39.7 Å². The lowest BCUT2D eigenvalue weighted by Gasteiger charge is -2.39. The summed E-state index contributed by atoms with van der Waals surface area (Å²) in [5.41, 5.74) is 0. The molecule has 1 aliphatic rings. The van der Waals surface area contributed by atoms with E-state index >= 15 is 0 Å². The van der Waals surface area contributed by atoms with E-state index in [4.69, 9.17) is 42.5 Å². The summed E-state index contributed by atoms with van der Waals surface area (Å²) in [7, 11) is 0. The molecule has 0 spiro atoms. The number of carbonyl (C=O) groups is 1. The first-order valence-electron chi connectivity index (χ1n) is 7.05. The molecule has 0 radical (unpaired) electrons. The van der Waals surface area contributed by atoms with Crippen LogP contribution in [0.1, 0.15) is 0 Å². The van der Waals surface area contributed by atoms with Crippen molar-refractivity contribution in [2.75, 3.05) is 13.2 Å². The summed E-state index contributed by atoms with van der Waals surface area (Å²) in [4.78, 5) is 11.8. The van der Waals surface area contributed by atoms with E-state index in [0.717, 1.165) is 6.07 Å². The number of halogens is 2. The molecule has 1 fully saturated rings. The van der Waals surface area contributed by atoms with Gasteiger partial charge in [-0.05, 0) is 6.07 Å². The Morgan fingerprint density at radius 3 is 2.44 bits per heavy atom. The van der Waals surface area contributed by atoms with E-state index < -0.39 is 55.6 Å². The van der Waals surface area contributed by atoms with Crippen LogP contribution < -0.4 is 4.74 Å². The molecule has 2 rings (SSSR count). The molecule has 1 heterocycles. The molecule has 1 saturated heterocycles. The first-order chi connectivity index (χ1) is 11.7. The van der Waals surface area contributed by atoms with Gasteiger partial charge in [-0.3, -0.25) is 0 Å². The zero-order chi connectivity index (χ0) is 18.7. The number of phenolic OH excluding ortho intramolecular Hbond substituents is 1. The Kier molecular flexibility index (Phi) is 6.69. The van der Waals surface area contributed by atoms with Crippen LogP contribution in [-0.2, 0) is 14.3 Å². The van der Waals surface area contributed by atoms with Crippen LogP contribution in [-0.4, -0.2) is 75.4 Å². The first-order valence-corrected chi connectivity index (χ1v) is 7.81. The van der Waals surface area contributed by atoms with Crippen LogP contribution in [0.4, 0.5) is 0 Å². The molecule has 1 aliphatic heterocycles. The van der Waals surface area contributed by atoms with E-state index in [9.17, 15) is 25.2 Å². The number of aliphatic hydroxyl groups excluding tert-OH is 4. The zero-order valence-electron chi connectivity index (χ0n) is 12.6. The molecule has 0 saturated carbocycles. The van der Waals surface area contributed by atoms with Crippen LogP contribution >= 0.6 is 23.2 Å². The highest BCUT2D eigenvalue weighted by Crippen LogP contribution is 2.37. The van der Waals surface area contributed by atoms with Crippen LogP contribution in [0, 0.1) is 0 Å². The molecule has 1 aromatic rings. The third kappa shape index (κ3) is 4.64. The molecule has 0 unspecified atom stereocenters. The summed E-state index contributed by atoms with van der Waals surface area (Å²) in [6, 6.07) is 2.45. The third-order valence-corrected chi connectivity index (χ3v) is 3.92. The number of hydrogen-bond acceptors (Lipinski definition) is 9. The average molecular weight is 399 g/mol. The number of ether oxygens (including phenoxy) is 3. The quantitative estimate of drug-likeness (QED) is 0.411. The van der Waals surface area contributed by atoms with Crippen molar-refractivity contribution >= 4 is 29.2 Å². The van der Waals surface area contributed by atoms with Gasteiger partial charge in [0.2, 0.25) is 6.29 Å². The van der Waals surface area contributed by atoms with Crippen molar-refractivity contribution in [2.45, 2.75) is 30.7 Å². The van der Waals surface area contributed by atoms with Gasteiger partial charge in [-0.2, -0.15) is 0 Å². The molecular formula is C14H16Cl2O9. The minimum Gasteiger partial charge on any atom is -0.504 e. The average Bonchev–Trinajstić information content (AvgIpc) is 2.54. The normalized spacial score (nSPS) is 29.3. The van der Waals surface area contributed by atoms with E-state index in [-0.39, 0.29) is 15.8 Å². The Morgan fingerprint density at radius 2 is 1.84 bits per heavy atom. The number of carbonyl (C=O) groups excluding carboxylic acids is 1. The van der Waals surface area contributed by atoms with Crippen molar-refractivity contribution in [3.8, 4) is 11.5 Å². The first kappa shape index (κ1) is 20.0. The number of aromatic hydroxyl groups is 1. The molecule has 9 nitrogen and oxygen atoms in total. The highest BCUT2D eigenvalue weighted by Gasteiger charge is 2.45. The highest BCUT2D eigenvalue weighted by molar-refractivity contribution is 6.35. The summed E-state index contributed by atoms with van der Waals surface area (Å²) in [6.07, 6.45) is -7.82. The number of aliphatic hydroxyl groups is 4. The molecule has 140 valence electrons. The van der Waals surface area contributed by atoms with Gasteiger partial charge in [0.1, 0.15) is 24.4 Å². The van der Waals surface area contributed by atoms with Gasteiger partial charge in [-0.15, -0.1) is 0 Å². The number of rotatable bonds is 5. The predicted octanol–water partition coefficient (Wildman–Crippen LogP) is -0.579. The van der Waals surface area contributed by atoms with Crippen molar-refractivity contribution in [3.05, 3.63) is 22.2 Å². The SMILES string of the molecule is O=C(COc1c(O)cc(Cl)cc1Cl)O[C@H]1O[C@H](CO)[C@@H](O)[C@H](O)[C@H]1O. The maximum absolute atomic E-state index is 11.8. The third-order valence-electron chi connectivity index (χ3n) is 3.42. The van der Waals surface area contributed by atoms with E-state index in [1.807, 2.05) is 0 Å². The molecule has 0 aromatic heterocycles. The lowest BCUT2D eigenvalue weighted by atomic mass is 9.99. The second kappa shape index (κ2) is 8.37. The maximum Gasteiger partial charge on any atom is 0.346 e. The lowest BCUT2D eigenvalue weighted by molar-refractivity contribution is -0.293. The Hall–Kier alpha value is -1.33. The fourth-order valence-corrected chi connectivity index (χ4v) is 2.69. The van der Waals surface area contributed by atoms with Crippen LogP contribution in [0.25, 0.3) is 0 Å². The fourth-order valence-electron chi connectivity index (χ4n) is 2.15. The van der Waals surface area contributed by atoms with E-state index in [0.29, 0.717) is 0 Å². The summed E-state index contributed by atoms with van der Waals surface area (Å²) in [5, 5.41) is 47.9. The largest absolute Gasteiger partial charge is 0.504 e. The molecule has 11 heteroatoms. The second-order valence-corrected chi connectivity index (χ2v) is 6.06. The van der Waals surface area contributed by atoms with Crippen molar-refractivity contribution in [3.63, 3.8) is 0 Å². The van der Waals surface area contributed by atoms with Crippen molar-refractivity contribution in [1.29, 1.82) is 0 Å². The molecule has 5 N–H and O–H groups in total. The number of hydrogen-bond donors (Lipinski definition) is 5. The van der Waals surface area contributed by atoms with Crippen LogP contribution in [0.5, 0.6) is 11.5 Å². The topological polar surface area (TPSA) is 146 Å². The van der Waals surface area contributed by atoms with Gasteiger partial charge in [0.15, 0.2) is 18.1 Å². The van der Waals surface area contributed by atoms with Gasteiger partial charge in [0.05, 0.1) is 11.6 Å². The van der Waals surface area contributed by atoms with E-state index in [1.165, 1.54) is 6.07 Å². The van der Waals surface area contributed by atoms with Crippen molar-refractivity contribution < 1.29 is 44.5 Å². The monoisotopic (exact) mass is 398 g/mol. The number of benzene rings is 1. The number of esters is 1. The van der Waals surface area contributed by atoms with Gasteiger partial charge in [0.25, 0.3) is 0 Å². The Balaban J connectivity index is 1.96. The minimum absolute atomic E-state index is 0.0364. The highest BCUT2D eigenvalue weighted by atomic mass is 35.5. The maximum atomic E-state index is 11.8. The smallest absolute Gasteiger partial charge is 0.346 e. The summed E-state index contributed by atoms with van der Waals surface area (Å²) in [6.45, 7) is -1.37. The Labute approximate surface area is 151 Å². The standard InChI is InChI=1S/C14H16Cl2O9/c15-5-1-6(16)13(7(18)2-5)23-4-9(19)25-14-12(22)11(21)10(20)8(3-17)24-14/h1-2,8,10-12,14,17-18,20-22H,3-4H2/t8-,10-,11+,12-,14-/m1/s1.